The van der Waals surface area contributed by atoms with Crippen molar-refractivity contribution in [1.29, 1.82) is 0 Å². The molecule has 0 radical (unpaired) electrons. The minimum atomic E-state index is 0.125. The van der Waals surface area contributed by atoms with Crippen molar-refractivity contribution >= 4 is 12.2 Å². The average molecular weight is 328 g/mol. The van der Waals surface area contributed by atoms with Crippen LogP contribution >= 0.6 is 0 Å². The molecular formula is C21H28O3. The van der Waals surface area contributed by atoms with E-state index in [1.165, 1.54) is 0 Å². The van der Waals surface area contributed by atoms with Crippen LogP contribution < -0.4 is 0 Å². The summed E-state index contributed by atoms with van der Waals surface area (Å²) in [6.07, 6.45) is 5.61. The first-order valence-corrected chi connectivity index (χ1v) is 8.54. The molecule has 0 fully saturated rings. The molecule has 0 bridgehead atoms. The van der Waals surface area contributed by atoms with Crippen LogP contribution in [0, 0.1) is 0 Å². The molecule has 0 aliphatic rings. The van der Waals surface area contributed by atoms with Crippen LogP contribution in [0.15, 0.2) is 36.4 Å². The van der Waals surface area contributed by atoms with E-state index in [4.69, 9.17) is 0 Å². The zero-order valence-electron chi connectivity index (χ0n) is 15.0. The van der Waals surface area contributed by atoms with Gasteiger partial charge in [0.25, 0.3) is 0 Å². The topological polar surface area (TPSA) is 60.7 Å². The lowest BCUT2D eigenvalue weighted by Crippen LogP contribution is -1.95. The maximum atomic E-state index is 10.2. The van der Waals surface area contributed by atoms with E-state index in [-0.39, 0.29) is 23.2 Å². The molecule has 2 aromatic rings. The molecule has 0 spiro atoms. The van der Waals surface area contributed by atoms with E-state index < -0.39 is 0 Å². The van der Waals surface area contributed by atoms with Crippen LogP contribution in [0.2, 0.25) is 0 Å². The van der Waals surface area contributed by atoms with Crippen molar-refractivity contribution in [3.05, 3.63) is 53.1 Å². The molecule has 0 aliphatic heterocycles. The lowest BCUT2D eigenvalue weighted by molar-refractivity contribution is 0.427. The molecule has 130 valence electrons. The van der Waals surface area contributed by atoms with Gasteiger partial charge in [-0.1, -0.05) is 58.4 Å². The lowest BCUT2D eigenvalue weighted by atomic mass is 9.93. The van der Waals surface area contributed by atoms with E-state index in [9.17, 15) is 15.3 Å². The van der Waals surface area contributed by atoms with Crippen molar-refractivity contribution in [2.24, 2.45) is 0 Å². The molecule has 0 aromatic heterocycles. The molecule has 0 amide bonds. The zero-order chi connectivity index (χ0) is 18.1. The van der Waals surface area contributed by atoms with Crippen molar-refractivity contribution in [2.45, 2.75) is 46.5 Å². The summed E-state index contributed by atoms with van der Waals surface area (Å²) in [5, 5.41) is 29.6. The predicted octanol–water partition coefficient (Wildman–Crippen LogP) is 5.90. The van der Waals surface area contributed by atoms with Crippen molar-refractivity contribution in [2.75, 3.05) is 0 Å². The van der Waals surface area contributed by atoms with Gasteiger partial charge in [-0.3, -0.25) is 0 Å². The highest BCUT2D eigenvalue weighted by Gasteiger charge is 2.15. The first-order valence-electron chi connectivity index (χ1n) is 8.54. The Kier molecular flexibility index (Phi) is 7.90. The summed E-state index contributed by atoms with van der Waals surface area (Å²) in [6.45, 7) is 8.09. The fraction of sp³-hybridized carbons (Fsp3) is 0.333. The SMILES string of the molecule is CC.CCCC(C)c1c(O)cc(/C=C/c2ccc(O)cc2)cc1O. The molecule has 3 nitrogen and oxygen atoms in total. The van der Waals surface area contributed by atoms with E-state index in [1.807, 2.05) is 32.9 Å². The Bertz CT molecular complexity index is 634. The van der Waals surface area contributed by atoms with Gasteiger partial charge < -0.3 is 15.3 Å². The van der Waals surface area contributed by atoms with Gasteiger partial charge in [0.1, 0.15) is 17.2 Å². The summed E-state index contributed by atoms with van der Waals surface area (Å²) < 4.78 is 0. The minimum absolute atomic E-state index is 0.125. The summed E-state index contributed by atoms with van der Waals surface area (Å²) in [5.41, 5.74) is 2.28. The second-order valence-electron chi connectivity index (χ2n) is 5.59. The van der Waals surface area contributed by atoms with Gasteiger partial charge in [0.2, 0.25) is 0 Å². The molecule has 0 saturated heterocycles. The summed E-state index contributed by atoms with van der Waals surface area (Å²) in [4.78, 5) is 0. The van der Waals surface area contributed by atoms with Crippen molar-refractivity contribution in [3.63, 3.8) is 0 Å². The van der Waals surface area contributed by atoms with Crippen LogP contribution in [-0.2, 0) is 0 Å². The fourth-order valence-electron chi connectivity index (χ4n) is 2.60. The Hall–Kier alpha value is -2.42. The van der Waals surface area contributed by atoms with E-state index in [1.54, 1.807) is 36.4 Å². The molecule has 3 N–H and O–H groups in total. The Balaban J connectivity index is 0.00000139. The van der Waals surface area contributed by atoms with Gasteiger partial charge in [-0.05, 0) is 47.7 Å². The van der Waals surface area contributed by atoms with Gasteiger partial charge in [0.15, 0.2) is 0 Å². The standard InChI is InChI=1S/C19H22O3.C2H6/c1-3-4-13(2)19-17(21)11-15(12-18(19)22)6-5-14-7-9-16(20)10-8-14;1-2/h5-13,20-22H,3-4H2,1-2H3;1-2H3/b6-5+;. The Morgan fingerprint density at radius 3 is 1.88 bits per heavy atom. The molecule has 0 saturated carbocycles. The molecule has 2 aromatic carbocycles. The van der Waals surface area contributed by atoms with E-state index >= 15 is 0 Å². The van der Waals surface area contributed by atoms with Gasteiger partial charge in [-0.25, -0.2) is 0 Å². The van der Waals surface area contributed by atoms with Crippen LogP contribution in [0.5, 0.6) is 17.2 Å². The third kappa shape index (κ3) is 5.34. The summed E-state index contributed by atoms with van der Waals surface area (Å²) >= 11 is 0. The summed E-state index contributed by atoms with van der Waals surface area (Å²) in [6, 6.07) is 10.1. The number of hydrogen-bond acceptors (Lipinski definition) is 3. The first kappa shape index (κ1) is 19.6. The predicted molar refractivity (Wildman–Crippen MR) is 101 cm³/mol. The largest absolute Gasteiger partial charge is 0.508 e. The van der Waals surface area contributed by atoms with E-state index in [0.717, 1.165) is 24.0 Å². The molecule has 24 heavy (non-hydrogen) atoms. The highest BCUT2D eigenvalue weighted by Crippen LogP contribution is 2.37. The maximum Gasteiger partial charge on any atom is 0.123 e. The molecule has 2 rings (SSSR count). The number of phenolic OH excluding ortho intramolecular Hbond substituents is 3. The van der Waals surface area contributed by atoms with Crippen LogP contribution in [0.25, 0.3) is 12.2 Å². The lowest BCUT2D eigenvalue weighted by Gasteiger charge is -2.15. The van der Waals surface area contributed by atoms with Crippen molar-refractivity contribution < 1.29 is 15.3 Å². The number of hydrogen-bond donors (Lipinski definition) is 3. The van der Waals surface area contributed by atoms with Gasteiger partial charge >= 0.3 is 0 Å². The van der Waals surface area contributed by atoms with E-state index in [2.05, 4.69) is 6.92 Å². The average Bonchev–Trinajstić information content (AvgIpc) is 2.56. The Morgan fingerprint density at radius 1 is 0.875 bits per heavy atom. The highest BCUT2D eigenvalue weighted by molar-refractivity contribution is 5.72. The van der Waals surface area contributed by atoms with Gasteiger partial charge in [-0.15, -0.1) is 0 Å². The van der Waals surface area contributed by atoms with Gasteiger partial charge in [0.05, 0.1) is 0 Å². The van der Waals surface area contributed by atoms with Gasteiger partial charge in [-0.2, -0.15) is 0 Å². The van der Waals surface area contributed by atoms with Crippen LogP contribution in [-0.4, -0.2) is 15.3 Å². The fourth-order valence-corrected chi connectivity index (χ4v) is 2.60. The second-order valence-corrected chi connectivity index (χ2v) is 5.59. The number of rotatable bonds is 5. The highest BCUT2D eigenvalue weighted by atomic mass is 16.3. The summed E-state index contributed by atoms with van der Waals surface area (Å²) in [7, 11) is 0. The molecule has 1 atom stereocenters. The molecular weight excluding hydrogens is 300 g/mol. The third-order valence-corrected chi connectivity index (χ3v) is 3.73. The second kappa shape index (κ2) is 9.66. The number of phenols is 3. The van der Waals surface area contributed by atoms with Crippen LogP contribution in [0.1, 0.15) is 63.1 Å². The Labute approximate surface area is 144 Å². The molecule has 3 heteroatoms. The normalized spacial score (nSPS) is 11.8. The smallest absolute Gasteiger partial charge is 0.123 e. The third-order valence-electron chi connectivity index (χ3n) is 3.73. The van der Waals surface area contributed by atoms with Crippen molar-refractivity contribution in [3.8, 4) is 17.2 Å². The monoisotopic (exact) mass is 328 g/mol. The van der Waals surface area contributed by atoms with Crippen LogP contribution in [0.4, 0.5) is 0 Å². The number of aromatic hydroxyl groups is 3. The van der Waals surface area contributed by atoms with E-state index in [0.29, 0.717) is 5.56 Å². The molecule has 0 heterocycles. The van der Waals surface area contributed by atoms with Crippen LogP contribution in [0.3, 0.4) is 0 Å². The minimum Gasteiger partial charge on any atom is -0.508 e. The zero-order valence-corrected chi connectivity index (χ0v) is 15.0. The number of benzene rings is 2. The summed E-state index contributed by atoms with van der Waals surface area (Å²) in [5.74, 6) is 0.611. The van der Waals surface area contributed by atoms with Gasteiger partial charge in [0, 0.05) is 5.56 Å². The first-order chi connectivity index (χ1) is 11.5. The molecule has 0 aliphatic carbocycles. The quantitative estimate of drug-likeness (QED) is 0.598. The Morgan fingerprint density at radius 2 is 1.38 bits per heavy atom. The van der Waals surface area contributed by atoms with Crippen molar-refractivity contribution in [1.82, 2.24) is 0 Å². The molecule has 1 unspecified atom stereocenters. The maximum absolute atomic E-state index is 10.2.